The van der Waals surface area contributed by atoms with Crippen molar-refractivity contribution in [3.05, 3.63) is 35.9 Å². The van der Waals surface area contributed by atoms with Crippen LogP contribution in [-0.4, -0.2) is 18.9 Å². The van der Waals surface area contributed by atoms with E-state index >= 15 is 0 Å². The zero-order chi connectivity index (χ0) is 13.1. The summed E-state index contributed by atoms with van der Waals surface area (Å²) in [5.41, 5.74) is 1.05. The molecule has 3 unspecified atom stereocenters. The summed E-state index contributed by atoms with van der Waals surface area (Å²) in [5.74, 6) is -0.186. The third kappa shape index (κ3) is 2.45. The molecule has 3 heteroatoms. The van der Waals surface area contributed by atoms with Crippen LogP contribution in [0.25, 0.3) is 0 Å². The Bertz CT molecular complexity index is 438. The second-order valence-corrected chi connectivity index (χ2v) is 4.99. The van der Waals surface area contributed by atoms with E-state index < -0.39 is 0 Å². The first kappa shape index (κ1) is 12.8. The van der Waals surface area contributed by atoms with Crippen molar-refractivity contribution in [2.45, 2.75) is 25.7 Å². The van der Waals surface area contributed by atoms with E-state index in [1.807, 2.05) is 37.3 Å². The van der Waals surface area contributed by atoms with E-state index in [-0.39, 0.29) is 29.5 Å². The Kier molecular flexibility index (Phi) is 3.80. The molecule has 0 spiro atoms. The SMILES string of the molecule is COC(=O)C1C(C)CC(=O)CC1c1ccccc1. The molecule has 3 atom stereocenters. The Hall–Kier alpha value is -1.64. The van der Waals surface area contributed by atoms with Crippen LogP contribution in [0.1, 0.15) is 31.2 Å². The molecule has 1 fully saturated rings. The molecular weight excluding hydrogens is 228 g/mol. The summed E-state index contributed by atoms with van der Waals surface area (Å²) in [4.78, 5) is 23.7. The molecule has 0 bridgehead atoms. The Morgan fingerprint density at radius 2 is 1.89 bits per heavy atom. The van der Waals surface area contributed by atoms with Gasteiger partial charge in [0.2, 0.25) is 0 Å². The van der Waals surface area contributed by atoms with Crippen LogP contribution in [0.2, 0.25) is 0 Å². The van der Waals surface area contributed by atoms with Crippen LogP contribution in [-0.2, 0) is 14.3 Å². The van der Waals surface area contributed by atoms with Crippen LogP contribution < -0.4 is 0 Å². The molecule has 0 radical (unpaired) electrons. The lowest BCUT2D eigenvalue weighted by Gasteiger charge is -2.34. The van der Waals surface area contributed by atoms with E-state index in [4.69, 9.17) is 4.74 Å². The van der Waals surface area contributed by atoms with Gasteiger partial charge in [0.1, 0.15) is 5.78 Å². The lowest BCUT2D eigenvalue weighted by Crippen LogP contribution is -2.36. The van der Waals surface area contributed by atoms with Crippen molar-refractivity contribution in [3.8, 4) is 0 Å². The molecule has 1 aliphatic carbocycles. The predicted octanol–water partition coefficient (Wildman–Crippen LogP) is 2.56. The topological polar surface area (TPSA) is 43.4 Å². The number of benzene rings is 1. The smallest absolute Gasteiger partial charge is 0.309 e. The minimum atomic E-state index is -0.213. The molecule has 1 aromatic carbocycles. The van der Waals surface area contributed by atoms with Gasteiger partial charge in [0, 0.05) is 18.8 Å². The number of ketones is 1. The van der Waals surface area contributed by atoms with Gasteiger partial charge in [0.05, 0.1) is 13.0 Å². The monoisotopic (exact) mass is 246 g/mol. The molecule has 3 nitrogen and oxygen atoms in total. The number of rotatable bonds is 2. The molecule has 0 N–H and O–H groups in total. The minimum absolute atomic E-state index is 0.0453. The maximum atomic E-state index is 11.9. The molecular formula is C15H18O3. The van der Waals surface area contributed by atoms with Crippen LogP contribution >= 0.6 is 0 Å². The summed E-state index contributed by atoms with van der Waals surface area (Å²) in [5, 5.41) is 0. The zero-order valence-electron chi connectivity index (χ0n) is 10.8. The largest absolute Gasteiger partial charge is 0.469 e. The summed E-state index contributed by atoms with van der Waals surface area (Å²) in [6, 6.07) is 9.77. The van der Waals surface area contributed by atoms with Gasteiger partial charge in [-0.05, 0) is 11.5 Å². The Morgan fingerprint density at radius 3 is 2.50 bits per heavy atom. The van der Waals surface area contributed by atoms with E-state index in [9.17, 15) is 9.59 Å². The number of carbonyl (C=O) groups excluding carboxylic acids is 2. The normalized spacial score (nSPS) is 27.9. The van der Waals surface area contributed by atoms with E-state index in [2.05, 4.69) is 0 Å². The zero-order valence-corrected chi connectivity index (χ0v) is 10.8. The number of carbonyl (C=O) groups is 2. The van der Waals surface area contributed by atoms with Gasteiger partial charge in [0.25, 0.3) is 0 Å². The second-order valence-electron chi connectivity index (χ2n) is 4.99. The highest BCUT2D eigenvalue weighted by Gasteiger charge is 2.40. The molecule has 18 heavy (non-hydrogen) atoms. The third-order valence-electron chi connectivity index (χ3n) is 3.74. The molecule has 96 valence electrons. The first-order valence-electron chi connectivity index (χ1n) is 6.28. The van der Waals surface area contributed by atoms with E-state index in [0.29, 0.717) is 12.8 Å². The maximum Gasteiger partial charge on any atom is 0.309 e. The molecule has 1 aliphatic rings. The second kappa shape index (κ2) is 5.34. The van der Waals surface area contributed by atoms with Crippen molar-refractivity contribution in [1.29, 1.82) is 0 Å². The number of hydrogen-bond acceptors (Lipinski definition) is 3. The van der Waals surface area contributed by atoms with E-state index in [0.717, 1.165) is 5.56 Å². The highest BCUT2D eigenvalue weighted by Crippen LogP contribution is 2.40. The molecule has 0 aliphatic heterocycles. The number of ether oxygens (including phenoxy) is 1. The maximum absolute atomic E-state index is 11.9. The van der Waals surface area contributed by atoms with Gasteiger partial charge in [0.15, 0.2) is 0 Å². The van der Waals surface area contributed by atoms with Gasteiger partial charge in [-0.15, -0.1) is 0 Å². The van der Waals surface area contributed by atoms with Crippen molar-refractivity contribution in [2.75, 3.05) is 7.11 Å². The molecule has 0 heterocycles. The lowest BCUT2D eigenvalue weighted by atomic mass is 9.69. The molecule has 2 rings (SSSR count). The first-order valence-corrected chi connectivity index (χ1v) is 6.28. The third-order valence-corrected chi connectivity index (χ3v) is 3.74. The van der Waals surface area contributed by atoms with Crippen molar-refractivity contribution in [1.82, 2.24) is 0 Å². The van der Waals surface area contributed by atoms with Crippen molar-refractivity contribution < 1.29 is 14.3 Å². The Morgan fingerprint density at radius 1 is 1.22 bits per heavy atom. The van der Waals surface area contributed by atoms with Crippen LogP contribution in [0.5, 0.6) is 0 Å². The standard InChI is InChI=1S/C15H18O3/c1-10-8-12(16)9-13(14(10)15(17)18-2)11-6-4-3-5-7-11/h3-7,10,13-14H,8-9H2,1-2H3. The highest BCUT2D eigenvalue weighted by molar-refractivity contribution is 5.84. The van der Waals surface area contributed by atoms with Crippen molar-refractivity contribution >= 4 is 11.8 Å². The van der Waals surface area contributed by atoms with Gasteiger partial charge in [-0.2, -0.15) is 0 Å². The summed E-state index contributed by atoms with van der Waals surface area (Å²) >= 11 is 0. The summed E-state index contributed by atoms with van der Waals surface area (Å²) in [7, 11) is 1.41. The molecule has 1 saturated carbocycles. The summed E-state index contributed by atoms with van der Waals surface area (Å²) < 4.78 is 4.90. The van der Waals surface area contributed by atoms with Crippen LogP contribution in [0.3, 0.4) is 0 Å². The van der Waals surface area contributed by atoms with Gasteiger partial charge in [-0.25, -0.2) is 0 Å². The minimum Gasteiger partial charge on any atom is -0.469 e. The average molecular weight is 246 g/mol. The number of hydrogen-bond donors (Lipinski definition) is 0. The average Bonchev–Trinajstić information content (AvgIpc) is 2.38. The van der Waals surface area contributed by atoms with E-state index in [1.54, 1.807) is 0 Å². The van der Waals surface area contributed by atoms with Crippen molar-refractivity contribution in [2.24, 2.45) is 11.8 Å². The predicted molar refractivity (Wildman–Crippen MR) is 68.1 cm³/mol. The van der Waals surface area contributed by atoms with Crippen LogP contribution in [0, 0.1) is 11.8 Å². The van der Waals surface area contributed by atoms with Gasteiger partial charge in [-0.1, -0.05) is 37.3 Å². The fourth-order valence-electron chi connectivity index (χ4n) is 2.90. The molecule has 0 saturated heterocycles. The number of Topliss-reactive ketones (excluding diaryl/α,β-unsaturated/α-hetero) is 1. The van der Waals surface area contributed by atoms with Gasteiger partial charge in [-0.3, -0.25) is 9.59 Å². The summed E-state index contributed by atoms with van der Waals surface area (Å²) in [6.07, 6.45) is 0.914. The molecule has 1 aromatic rings. The summed E-state index contributed by atoms with van der Waals surface area (Å²) in [6.45, 7) is 1.95. The number of esters is 1. The van der Waals surface area contributed by atoms with Gasteiger partial charge >= 0.3 is 5.97 Å². The van der Waals surface area contributed by atoms with Crippen molar-refractivity contribution in [3.63, 3.8) is 0 Å². The molecule has 0 aromatic heterocycles. The Balaban J connectivity index is 2.33. The van der Waals surface area contributed by atoms with E-state index in [1.165, 1.54) is 7.11 Å². The first-order chi connectivity index (χ1) is 8.63. The van der Waals surface area contributed by atoms with Crippen LogP contribution in [0.4, 0.5) is 0 Å². The Labute approximate surface area is 107 Å². The van der Waals surface area contributed by atoms with Gasteiger partial charge < -0.3 is 4.74 Å². The highest BCUT2D eigenvalue weighted by atomic mass is 16.5. The fourth-order valence-corrected chi connectivity index (χ4v) is 2.90. The molecule has 0 amide bonds. The fraction of sp³-hybridized carbons (Fsp3) is 0.467. The quantitative estimate of drug-likeness (QED) is 0.753. The lowest BCUT2D eigenvalue weighted by molar-refractivity contribution is -0.150. The van der Waals surface area contributed by atoms with Crippen LogP contribution in [0.15, 0.2) is 30.3 Å². The number of methoxy groups -OCH3 is 1.